The van der Waals surface area contributed by atoms with E-state index in [0.29, 0.717) is 5.92 Å². The summed E-state index contributed by atoms with van der Waals surface area (Å²) < 4.78 is 0. The van der Waals surface area contributed by atoms with Gasteiger partial charge in [0.05, 0.1) is 0 Å². The van der Waals surface area contributed by atoms with Crippen LogP contribution in [0.25, 0.3) is 43.6 Å². The molecule has 5 heteroatoms. The number of nitrogens with zero attached hydrogens (tertiary/aromatic N) is 1. The van der Waals surface area contributed by atoms with Crippen molar-refractivity contribution in [2.45, 2.75) is 131 Å². The summed E-state index contributed by atoms with van der Waals surface area (Å²) in [5.74, 6) is 0.952. The fourth-order valence-corrected chi connectivity index (χ4v) is 8.52. The van der Waals surface area contributed by atoms with E-state index in [1.165, 1.54) is 71.3 Å². The molecule has 0 spiro atoms. The van der Waals surface area contributed by atoms with E-state index < -0.39 is 0 Å². The number of hydrogen-bond acceptors (Lipinski definition) is 4. The maximum absolute atomic E-state index is 12.2. The Labute approximate surface area is 337 Å². The van der Waals surface area contributed by atoms with E-state index in [2.05, 4.69) is 95.3 Å². The Hall–Kier alpha value is -2.98. The SMILES string of the molecule is CC(C)CCc1c2c([c-]c3ccccc13)-c1nccc3c1c(cc1c(CC(C)(C)C)cccc13)S2.CCC(C)(CC)C(=O)/C=C(\O)C(C)(CC)CC.[Ir]. The molecule has 0 fully saturated rings. The number of allylic oxidation sites excluding steroid dienone is 2. The van der Waals surface area contributed by atoms with Crippen molar-refractivity contribution in [3.8, 4) is 11.3 Å². The Bertz CT molecular complexity index is 2110. The van der Waals surface area contributed by atoms with Gasteiger partial charge in [0, 0.05) is 53.8 Å². The second kappa shape index (κ2) is 17.2. The number of rotatable bonds is 11. The summed E-state index contributed by atoms with van der Waals surface area (Å²) in [4.78, 5) is 19.8. The number of aromatic nitrogens is 1. The van der Waals surface area contributed by atoms with Gasteiger partial charge in [0.2, 0.25) is 0 Å². The third-order valence-corrected chi connectivity index (χ3v) is 12.9. The van der Waals surface area contributed by atoms with Crippen LogP contribution in [0.1, 0.15) is 119 Å². The van der Waals surface area contributed by atoms with E-state index in [4.69, 9.17) is 4.98 Å². The molecule has 6 rings (SSSR count). The summed E-state index contributed by atoms with van der Waals surface area (Å²) in [6.07, 6.45) is 10.1. The summed E-state index contributed by atoms with van der Waals surface area (Å²) >= 11 is 1.94. The predicted molar refractivity (Wildman–Crippen MR) is 225 cm³/mol. The summed E-state index contributed by atoms with van der Waals surface area (Å²) in [5.41, 5.74) is 4.79. The van der Waals surface area contributed by atoms with Crippen molar-refractivity contribution in [3.05, 3.63) is 89.8 Å². The summed E-state index contributed by atoms with van der Waals surface area (Å²) in [6.45, 7) is 23.7. The number of pyridine rings is 1. The van der Waals surface area contributed by atoms with Gasteiger partial charge in [0.25, 0.3) is 0 Å². The fourth-order valence-electron chi connectivity index (χ4n) is 7.23. The third-order valence-electron chi connectivity index (χ3n) is 11.7. The molecule has 0 unspecified atom stereocenters. The zero-order valence-electron chi connectivity index (χ0n) is 33.9. The molecule has 2 heterocycles. The third kappa shape index (κ3) is 8.95. The average Bonchev–Trinajstić information content (AvgIpc) is 3.12. The standard InChI is InChI=1S/C33H32NS.C15H28O2.Ir/c1-20(2)13-14-26-23-11-7-6-9-21(23)17-28-31-30-25(15-16-34-31)24-12-8-10-22(19-33(3,4)5)27(24)18-29(30)35-32(26)28;1-7-14(5,8-2)12(16)11-13(17)15(6,9-3)10-4;/h6-12,15-16,18,20H,13-14,19H2,1-5H3;11,16H,7-10H2,1-6H3;/q-1;;/b;12-11-;. The van der Waals surface area contributed by atoms with Crippen LogP contribution in [0.4, 0.5) is 0 Å². The first-order valence-corrected chi connectivity index (χ1v) is 20.3. The van der Waals surface area contributed by atoms with Gasteiger partial charge in [-0.1, -0.05) is 129 Å². The zero-order chi connectivity index (χ0) is 38.0. The molecule has 0 bridgehead atoms. The van der Waals surface area contributed by atoms with E-state index in [0.717, 1.165) is 44.2 Å². The summed E-state index contributed by atoms with van der Waals surface area (Å²) in [6, 6.07) is 24.0. The Kier molecular flexibility index (Phi) is 13.9. The van der Waals surface area contributed by atoms with Crippen molar-refractivity contribution < 1.29 is 30.0 Å². The smallest absolute Gasteiger partial charge is 0.164 e. The van der Waals surface area contributed by atoms with Crippen LogP contribution in [0, 0.1) is 28.2 Å². The van der Waals surface area contributed by atoms with Crippen molar-refractivity contribution >= 4 is 49.9 Å². The molecule has 4 aromatic carbocycles. The van der Waals surface area contributed by atoms with E-state index in [1.54, 1.807) is 0 Å². The van der Waals surface area contributed by atoms with Crippen LogP contribution in [-0.2, 0) is 37.7 Å². The Balaban J connectivity index is 0.000000299. The molecule has 1 aromatic heterocycles. The van der Waals surface area contributed by atoms with Crippen LogP contribution in [0.15, 0.2) is 82.4 Å². The minimum Gasteiger partial charge on any atom is -0.512 e. The molecule has 0 amide bonds. The molecule has 1 N–H and O–H groups in total. The van der Waals surface area contributed by atoms with Gasteiger partial charge in [-0.15, -0.1) is 29.3 Å². The molecule has 53 heavy (non-hydrogen) atoms. The number of carbonyl (C=O) groups is 1. The van der Waals surface area contributed by atoms with Crippen LogP contribution in [0.3, 0.4) is 0 Å². The van der Waals surface area contributed by atoms with Crippen LogP contribution in [-0.4, -0.2) is 15.9 Å². The number of ketones is 1. The Morgan fingerprint density at radius 3 is 2.11 bits per heavy atom. The van der Waals surface area contributed by atoms with Gasteiger partial charge in [-0.3, -0.25) is 9.78 Å². The molecule has 285 valence electrons. The van der Waals surface area contributed by atoms with Gasteiger partial charge in [0.15, 0.2) is 5.78 Å². The van der Waals surface area contributed by atoms with Crippen LogP contribution < -0.4 is 0 Å². The zero-order valence-corrected chi connectivity index (χ0v) is 37.1. The van der Waals surface area contributed by atoms with Gasteiger partial charge in [-0.05, 0) is 100 Å². The van der Waals surface area contributed by atoms with Crippen molar-refractivity contribution in [1.82, 2.24) is 4.98 Å². The van der Waals surface area contributed by atoms with Crippen LogP contribution in [0.5, 0.6) is 0 Å². The molecule has 0 atom stereocenters. The monoisotopic (exact) mass is 907 g/mol. The number of aliphatic hydroxyl groups is 1. The topological polar surface area (TPSA) is 50.2 Å². The normalized spacial score (nSPS) is 13.2. The Morgan fingerprint density at radius 1 is 0.849 bits per heavy atom. The molecule has 3 nitrogen and oxygen atoms in total. The first kappa shape index (κ1) is 42.8. The second-order valence-corrected chi connectivity index (χ2v) is 18.1. The fraction of sp³-hybridized carbons (Fsp3) is 0.458. The minimum atomic E-state index is -0.337. The number of aliphatic hydroxyl groups excluding tert-OH is 1. The number of aryl methyl sites for hydroxylation is 1. The largest absolute Gasteiger partial charge is 0.512 e. The molecule has 0 aliphatic carbocycles. The van der Waals surface area contributed by atoms with E-state index >= 15 is 0 Å². The van der Waals surface area contributed by atoms with Crippen molar-refractivity contribution in [2.75, 3.05) is 0 Å². The van der Waals surface area contributed by atoms with Crippen LogP contribution >= 0.6 is 11.8 Å². The first-order valence-electron chi connectivity index (χ1n) is 19.5. The van der Waals surface area contributed by atoms with Gasteiger partial charge in [-0.2, -0.15) is 0 Å². The van der Waals surface area contributed by atoms with Gasteiger partial charge in [-0.25, -0.2) is 0 Å². The maximum Gasteiger partial charge on any atom is 0.164 e. The number of fused-ring (bicyclic) bond motifs is 5. The van der Waals surface area contributed by atoms with Crippen molar-refractivity contribution in [1.29, 1.82) is 0 Å². The number of hydrogen-bond donors (Lipinski definition) is 1. The Morgan fingerprint density at radius 2 is 1.49 bits per heavy atom. The minimum absolute atomic E-state index is 0. The van der Waals surface area contributed by atoms with Gasteiger partial charge >= 0.3 is 0 Å². The summed E-state index contributed by atoms with van der Waals surface area (Å²) in [7, 11) is 0. The molecule has 0 saturated carbocycles. The molecule has 1 aliphatic rings. The number of benzene rings is 4. The van der Waals surface area contributed by atoms with Crippen molar-refractivity contribution in [2.24, 2.45) is 22.2 Å². The van der Waals surface area contributed by atoms with Crippen LogP contribution in [0.2, 0.25) is 0 Å². The average molecular weight is 907 g/mol. The predicted octanol–water partition coefficient (Wildman–Crippen LogP) is 14.3. The van der Waals surface area contributed by atoms with Crippen molar-refractivity contribution in [3.63, 3.8) is 0 Å². The van der Waals surface area contributed by atoms with Gasteiger partial charge in [0.1, 0.15) is 5.76 Å². The molecule has 1 radical (unpaired) electrons. The van der Waals surface area contributed by atoms with Gasteiger partial charge < -0.3 is 5.11 Å². The van der Waals surface area contributed by atoms with E-state index in [9.17, 15) is 9.90 Å². The summed E-state index contributed by atoms with van der Waals surface area (Å²) in [5, 5.41) is 18.0. The maximum atomic E-state index is 12.2. The number of carbonyl (C=O) groups excluding carboxylic acids is 1. The second-order valence-electron chi connectivity index (χ2n) is 17.0. The molecular formula is C48H60IrNO2S-. The quantitative estimate of drug-likeness (QED) is 0.0609. The molecule has 5 aromatic rings. The van der Waals surface area contributed by atoms with E-state index in [1.807, 2.05) is 59.5 Å². The molecule has 0 saturated heterocycles. The van der Waals surface area contributed by atoms with E-state index in [-0.39, 0.29) is 47.9 Å². The first-order chi connectivity index (χ1) is 24.6. The molecule has 1 aliphatic heterocycles. The molecular weight excluding hydrogens is 847 g/mol.